The van der Waals surface area contributed by atoms with Gasteiger partial charge in [0, 0.05) is 56.4 Å². The van der Waals surface area contributed by atoms with Crippen molar-refractivity contribution >= 4 is 34.6 Å². The Morgan fingerprint density at radius 2 is 1.74 bits per heavy atom. The van der Waals surface area contributed by atoms with E-state index in [0.717, 1.165) is 47.4 Å². The second kappa shape index (κ2) is 11.9. The summed E-state index contributed by atoms with van der Waals surface area (Å²) in [6.07, 6.45) is 6.93. The summed E-state index contributed by atoms with van der Waals surface area (Å²) in [6, 6.07) is 11.3. The standard InChI is InChI=1S/C32H40N8O3/c41-30-29(35-31(42)38-15-11-24(12-16-38)40-20-23-5-1-2-6-27(23)34-32(40)43)10-8-22-7-9-28-25(19-33-36-28)26(22)21-39(30)18-17-37-13-3-4-14-37/h1-2,5-7,9,19,24,29H,3-4,8,10-18,20-21H2,(H,33,36)(H,34,43)(H,35,42)/t29-/m1/s1. The molecule has 5 heterocycles. The smallest absolute Gasteiger partial charge is 0.322 e. The lowest BCUT2D eigenvalue weighted by molar-refractivity contribution is -0.134. The molecule has 4 aliphatic heterocycles. The average Bonchev–Trinajstić information content (AvgIpc) is 3.73. The monoisotopic (exact) mass is 584 g/mol. The van der Waals surface area contributed by atoms with E-state index in [1.165, 1.54) is 18.4 Å². The van der Waals surface area contributed by atoms with E-state index in [-0.39, 0.29) is 24.0 Å². The van der Waals surface area contributed by atoms with E-state index in [0.29, 0.717) is 58.4 Å². The Morgan fingerprint density at radius 1 is 0.930 bits per heavy atom. The summed E-state index contributed by atoms with van der Waals surface area (Å²) in [5, 5.41) is 14.5. The zero-order valence-electron chi connectivity index (χ0n) is 24.6. The molecule has 0 aliphatic carbocycles. The lowest BCUT2D eigenvalue weighted by Crippen LogP contribution is -2.56. The molecule has 2 aromatic carbocycles. The molecule has 0 bridgehead atoms. The van der Waals surface area contributed by atoms with Crippen LogP contribution in [0.1, 0.15) is 48.8 Å². The molecule has 11 nitrogen and oxygen atoms in total. The number of H-pyrrole nitrogens is 1. The molecular formula is C32H40N8O3. The van der Waals surface area contributed by atoms with Gasteiger partial charge in [-0.1, -0.05) is 24.3 Å². The third-order valence-electron chi connectivity index (χ3n) is 9.73. The van der Waals surface area contributed by atoms with Gasteiger partial charge in [-0.2, -0.15) is 5.10 Å². The van der Waals surface area contributed by atoms with Crippen LogP contribution in [0.4, 0.5) is 15.3 Å². The summed E-state index contributed by atoms with van der Waals surface area (Å²) >= 11 is 0. The van der Waals surface area contributed by atoms with Gasteiger partial charge in [0.05, 0.1) is 11.7 Å². The summed E-state index contributed by atoms with van der Waals surface area (Å²) in [4.78, 5) is 48.4. The Kier molecular flexibility index (Phi) is 7.65. The number of piperidine rings is 1. The second-order valence-electron chi connectivity index (χ2n) is 12.3. The highest BCUT2D eigenvalue weighted by atomic mass is 16.2. The molecule has 226 valence electrons. The molecule has 2 fully saturated rings. The van der Waals surface area contributed by atoms with Gasteiger partial charge in [-0.3, -0.25) is 9.89 Å². The predicted octanol–water partition coefficient (Wildman–Crippen LogP) is 3.52. The molecule has 1 aromatic heterocycles. The number of rotatable bonds is 5. The van der Waals surface area contributed by atoms with Crippen LogP contribution in [0.2, 0.25) is 0 Å². The van der Waals surface area contributed by atoms with Gasteiger partial charge in [0.2, 0.25) is 5.91 Å². The van der Waals surface area contributed by atoms with Crippen molar-refractivity contribution in [1.82, 2.24) is 35.1 Å². The summed E-state index contributed by atoms with van der Waals surface area (Å²) in [5.41, 5.74) is 5.31. The maximum atomic E-state index is 14.0. The SMILES string of the molecule is O=C(N[C@@H]1CCc2ccc3[nH]ncc3c2CN(CCN2CCCC2)C1=O)N1CCC(N2Cc3ccccc3NC2=O)CC1. The normalized spacial score (nSPS) is 21.8. The first-order valence-corrected chi connectivity index (χ1v) is 15.7. The van der Waals surface area contributed by atoms with Crippen LogP contribution >= 0.6 is 0 Å². The van der Waals surface area contributed by atoms with Crippen LogP contribution in [-0.2, 0) is 24.3 Å². The lowest BCUT2D eigenvalue weighted by atomic mass is 9.94. The first kappa shape index (κ1) is 27.7. The van der Waals surface area contributed by atoms with Crippen LogP contribution in [-0.4, -0.2) is 99.1 Å². The van der Waals surface area contributed by atoms with Gasteiger partial charge in [-0.15, -0.1) is 0 Å². The number of hydrogen-bond acceptors (Lipinski definition) is 5. The fourth-order valence-corrected chi connectivity index (χ4v) is 7.18. The lowest BCUT2D eigenvalue weighted by Gasteiger charge is -2.41. The van der Waals surface area contributed by atoms with Crippen LogP contribution in [0.15, 0.2) is 42.6 Å². The number of aromatic nitrogens is 2. The number of aryl methyl sites for hydroxylation is 1. The number of anilines is 1. The number of hydrogen-bond donors (Lipinski definition) is 3. The highest BCUT2D eigenvalue weighted by Gasteiger charge is 2.35. The molecule has 4 aliphatic rings. The molecule has 0 radical (unpaired) electrons. The number of benzene rings is 2. The Morgan fingerprint density at radius 3 is 2.58 bits per heavy atom. The Bertz CT molecular complexity index is 1510. The van der Waals surface area contributed by atoms with E-state index >= 15 is 0 Å². The van der Waals surface area contributed by atoms with Crippen molar-refractivity contribution in [3.05, 3.63) is 59.3 Å². The zero-order valence-corrected chi connectivity index (χ0v) is 24.6. The number of urea groups is 2. The van der Waals surface area contributed by atoms with Crippen molar-refractivity contribution < 1.29 is 14.4 Å². The average molecular weight is 585 g/mol. The topological polar surface area (TPSA) is 117 Å². The fraction of sp³-hybridized carbons (Fsp3) is 0.500. The molecule has 0 spiro atoms. The zero-order chi connectivity index (χ0) is 29.3. The molecule has 7 rings (SSSR count). The van der Waals surface area contributed by atoms with Crippen molar-refractivity contribution in [2.24, 2.45) is 0 Å². The largest absolute Gasteiger partial charge is 0.335 e. The number of para-hydroxylation sites is 1. The first-order chi connectivity index (χ1) is 21.0. The van der Waals surface area contributed by atoms with Crippen LogP contribution in [0.3, 0.4) is 0 Å². The number of aromatic amines is 1. The molecular weight excluding hydrogens is 544 g/mol. The first-order valence-electron chi connectivity index (χ1n) is 15.7. The van der Waals surface area contributed by atoms with Gasteiger partial charge in [-0.25, -0.2) is 9.59 Å². The molecule has 2 saturated heterocycles. The van der Waals surface area contributed by atoms with Crippen molar-refractivity contribution in [2.75, 3.05) is 44.6 Å². The second-order valence-corrected chi connectivity index (χ2v) is 12.3. The molecule has 3 N–H and O–H groups in total. The van der Waals surface area contributed by atoms with E-state index < -0.39 is 6.04 Å². The Hall–Kier alpha value is -4.12. The van der Waals surface area contributed by atoms with E-state index in [1.54, 1.807) is 4.90 Å². The number of likely N-dealkylation sites (tertiary alicyclic amines) is 2. The summed E-state index contributed by atoms with van der Waals surface area (Å²) in [6.45, 7) is 5.80. The van der Waals surface area contributed by atoms with E-state index in [9.17, 15) is 14.4 Å². The maximum Gasteiger partial charge on any atom is 0.322 e. The van der Waals surface area contributed by atoms with Gasteiger partial charge < -0.3 is 30.2 Å². The minimum atomic E-state index is -0.582. The third kappa shape index (κ3) is 5.65. The van der Waals surface area contributed by atoms with Crippen LogP contribution in [0.25, 0.3) is 10.9 Å². The van der Waals surface area contributed by atoms with Crippen LogP contribution in [0, 0.1) is 0 Å². The molecule has 5 amide bonds. The van der Waals surface area contributed by atoms with Crippen molar-refractivity contribution in [3.8, 4) is 0 Å². The number of fused-ring (bicyclic) bond motifs is 4. The summed E-state index contributed by atoms with van der Waals surface area (Å²) in [5.74, 6) is -0.0165. The predicted molar refractivity (Wildman–Crippen MR) is 163 cm³/mol. The van der Waals surface area contributed by atoms with Gasteiger partial charge in [0.15, 0.2) is 0 Å². The third-order valence-corrected chi connectivity index (χ3v) is 9.73. The number of nitrogens with zero attached hydrogens (tertiary/aromatic N) is 5. The minimum Gasteiger partial charge on any atom is -0.335 e. The van der Waals surface area contributed by atoms with E-state index in [1.807, 2.05) is 40.3 Å². The number of nitrogens with one attached hydrogen (secondary N) is 3. The number of carbonyl (C=O) groups is 3. The highest BCUT2D eigenvalue weighted by Crippen LogP contribution is 2.29. The van der Waals surface area contributed by atoms with Crippen molar-refractivity contribution in [1.29, 1.82) is 0 Å². The minimum absolute atomic E-state index is 0.0165. The van der Waals surface area contributed by atoms with Crippen LogP contribution in [0.5, 0.6) is 0 Å². The summed E-state index contributed by atoms with van der Waals surface area (Å²) in [7, 11) is 0. The number of carbonyl (C=O) groups excluding carboxylic acids is 3. The van der Waals surface area contributed by atoms with E-state index in [2.05, 4.69) is 37.9 Å². The van der Waals surface area contributed by atoms with Gasteiger partial charge in [0.1, 0.15) is 6.04 Å². The Labute approximate surface area is 251 Å². The maximum absolute atomic E-state index is 14.0. The Balaban J connectivity index is 1.02. The highest BCUT2D eigenvalue weighted by molar-refractivity contribution is 5.92. The quantitative estimate of drug-likeness (QED) is 0.424. The van der Waals surface area contributed by atoms with Gasteiger partial charge >= 0.3 is 12.1 Å². The fourth-order valence-electron chi connectivity index (χ4n) is 7.18. The van der Waals surface area contributed by atoms with Crippen LogP contribution < -0.4 is 10.6 Å². The molecule has 1 atom stereocenters. The van der Waals surface area contributed by atoms with Gasteiger partial charge in [-0.05, 0) is 80.4 Å². The molecule has 0 saturated carbocycles. The summed E-state index contributed by atoms with van der Waals surface area (Å²) < 4.78 is 0. The van der Waals surface area contributed by atoms with E-state index in [4.69, 9.17) is 0 Å². The molecule has 3 aromatic rings. The van der Waals surface area contributed by atoms with Crippen molar-refractivity contribution in [2.45, 2.75) is 63.7 Å². The van der Waals surface area contributed by atoms with Crippen molar-refractivity contribution in [3.63, 3.8) is 0 Å². The molecule has 43 heavy (non-hydrogen) atoms. The molecule has 11 heteroatoms. The number of amides is 5. The molecule has 0 unspecified atom stereocenters. The van der Waals surface area contributed by atoms with Gasteiger partial charge in [0.25, 0.3) is 0 Å².